The average molecular weight is 2030 g/mol. The van der Waals surface area contributed by atoms with Crippen LogP contribution in [0.25, 0.3) is 101 Å². The summed E-state index contributed by atoms with van der Waals surface area (Å²) in [7, 11) is 14.8. The number of H-pyrrole nitrogens is 8. The fourth-order valence-electron chi connectivity index (χ4n) is 16.1. The van der Waals surface area contributed by atoms with Crippen molar-refractivity contribution in [3.05, 3.63) is 272 Å². The summed E-state index contributed by atoms with van der Waals surface area (Å²) in [6.07, 6.45) is 10.9. The van der Waals surface area contributed by atoms with Crippen LogP contribution >= 0.6 is 0 Å². The van der Waals surface area contributed by atoms with E-state index < -0.39 is 0 Å². The van der Waals surface area contributed by atoms with Crippen molar-refractivity contribution in [2.45, 2.75) is 130 Å². The standard InChI is InChI=1S/C22H22N2O3.C15H18N2O3.C15H18N2O2.C14H18N2O2.2C13H16N2O2.C12H14N2O2.C11H12N2O2/c1-26-22-8-7-15(12-21(25)17-9-10-27-14-17)11-18(22)20-13-19(23-24-20)16-5-3-2-4-6-16;1-18-14-7-3-2-6-12(14)13-9-15(17-16-13)20-10-11-5-4-8-19-11;1-18-14-9-5-4-8-12(14)13-10-15(17-16-13)19-11-6-2-3-7-11;1-4-10(2)18-14-9-12(15-16-14)11-7-5-6-8-13(11)17-3;1-9(2)17-13-8-11(14-15-13)10-6-4-5-7-12(10)16-3;1-3-8-17-13-9-11(14-15-13)10-6-4-5-7-12(10)16-2;1-3-16-12-8-10(13-14-12)9-6-4-5-7-11(9)15-2;1-14-10-6-4-3-5-8(10)9-7-11(15-2)13-12-9/h2-8,11,13,17H,9-10,12,14H2,1H3,(H,23,24);2-3,6-7,9,11H,4-5,8,10H2,1H3,(H,16,17);4-5,8-11H,2-3,6-7H2,1H3,(H,16,17);5-10H,4H2,1-3H3,(H,15,16);4-9H,1-3H3,(H,14,15);4-7,9H,3,8H2,1-2H3,(H,14,15);4-8H,3H2,1-2H3,(H,13,14);3-7H,1-2H3,(H,12,13). The number of hydrogen-bond acceptors (Lipinski definition) is 26. The average Bonchev–Trinajstić information content (AvgIpc) is 1.72. The highest BCUT2D eigenvalue weighted by Crippen LogP contribution is 2.40. The Morgan fingerprint density at radius 2 is 0.705 bits per heavy atom. The molecule has 17 aromatic rings. The molecule has 2 saturated heterocycles. The van der Waals surface area contributed by atoms with Gasteiger partial charge in [-0.1, -0.05) is 135 Å². The molecule has 2 aliphatic heterocycles. The van der Waals surface area contributed by atoms with E-state index in [0.29, 0.717) is 86.7 Å². The fourth-order valence-corrected chi connectivity index (χ4v) is 16.1. The van der Waals surface area contributed by atoms with E-state index >= 15 is 0 Å². The molecule has 1 aliphatic carbocycles. The molecule has 3 unspecified atom stereocenters. The van der Waals surface area contributed by atoms with Gasteiger partial charge in [0.1, 0.15) is 64.5 Å². The zero-order chi connectivity index (χ0) is 105. The second-order valence-corrected chi connectivity index (χ2v) is 34.5. The minimum atomic E-state index is 0.0207. The number of carbonyl (C=O) groups excluding carboxylic acids is 1. The predicted octanol–water partition coefficient (Wildman–Crippen LogP) is 23.5. The Kier molecular flexibility index (Phi) is 42.5. The molecule has 1 saturated carbocycles. The van der Waals surface area contributed by atoms with Crippen LogP contribution in [0.4, 0.5) is 0 Å². The highest BCUT2D eigenvalue weighted by Gasteiger charge is 2.26. The Hall–Kier alpha value is -16.8. The van der Waals surface area contributed by atoms with Crippen molar-refractivity contribution in [2.24, 2.45) is 5.92 Å². The molecule has 34 heteroatoms. The lowest BCUT2D eigenvalue weighted by atomic mass is 9.95. The first-order valence-electron chi connectivity index (χ1n) is 49.7. The summed E-state index contributed by atoms with van der Waals surface area (Å²) < 4.78 is 92.0. The van der Waals surface area contributed by atoms with Gasteiger partial charge in [0.25, 0.3) is 0 Å². The maximum Gasteiger partial charge on any atom is 0.233 e. The third-order valence-corrected chi connectivity index (χ3v) is 23.9. The SMILES string of the molecule is CCC(C)Oc1cc(-c2ccccc2OC)[nH]n1.CCCOc1cc(-c2ccccc2OC)[nH]n1.CCOc1cc(-c2ccccc2OC)[nH]n1.COc1cc(-c2ccccc2OC)[nH]n1.COc1ccc(CC(=O)C2CCOC2)cc1-c1cc(-c2ccccc2)n[nH]1.COc1ccccc1-c1cc(OC(C)C)n[nH]1.COc1ccccc1-c1cc(OC2CCCC2)n[nH]1.COc1ccccc1-c1cc(OCC2CCCO2)n[nH]1. The van der Waals surface area contributed by atoms with Crippen molar-refractivity contribution in [1.82, 2.24) is 81.6 Å². The molecule has 0 spiro atoms. The number of rotatable bonds is 36. The van der Waals surface area contributed by atoms with Crippen LogP contribution in [0, 0.1) is 5.92 Å². The molecule has 20 rings (SSSR count). The van der Waals surface area contributed by atoms with Crippen LogP contribution in [0.3, 0.4) is 0 Å². The first-order valence-corrected chi connectivity index (χ1v) is 49.7. The van der Waals surface area contributed by atoms with Gasteiger partial charge in [0.2, 0.25) is 41.2 Å². The van der Waals surface area contributed by atoms with E-state index in [9.17, 15) is 4.79 Å². The predicted molar refractivity (Wildman–Crippen MR) is 575 cm³/mol. The van der Waals surface area contributed by atoms with Gasteiger partial charge in [-0.3, -0.25) is 45.6 Å². The summed E-state index contributed by atoms with van der Waals surface area (Å²) in [5.74, 6) is 11.0. The van der Waals surface area contributed by atoms with Crippen LogP contribution in [0.5, 0.6) is 87.2 Å². The third kappa shape index (κ3) is 31.9. The Labute approximate surface area is 868 Å². The van der Waals surface area contributed by atoms with Crippen molar-refractivity contribution < 1.29 is 85.3 Å². The van der Waals surface area contributed by atoms with E-state index in [4.69, 9.17) is 80.5 Å². The maximum atomic E-state index is 12.5. The van der Waals surface area contributed by atoms with E-state index in [-0.39, 0.29) is 30.0 Å². The van der Waals surface area contributed by atoms with Gasteiger partial charge in [-0.05, 0) is 194 Å². The van der Waals surface area contributed by atoms with Crippen LogP contribution in [0.15, 0.2) is 267 Å². The lowest BCUT2D eigenvalue weighted by Crippen LogP contribution is -2.16. The minimum absolute atomic E-state index is 0.0207. The molecule has 0 radical (unpaired) electrons. The maximum absolute atomic E-state index is 12.5. The Morgan fingerprint density at radius 1 is 0.342 bits per heavy atom. The zero-order valence-electron chi connectivity index (χ0n) is 87.0. The quantitative estimate of drug-likeness (QED) is 0.0181. The van der Waals surface area contributed by atoms with Gasteiger partial charge in [0, 0.05) is 118 Å². The summed E-state index contributed by atoms with van der Waals surface area (Å²) >= 11 is 0. The van der Waals surface area contributed by atoms with Crippen molar-refractivity contribution in [3.63, 3.8) is 0 Å². The Morgan fingerprint density at radius 3 is 1.09 bits per heavy atom. The normalized spacial score (nSPS) is 13.3. The van der Waals surface area contributed by atoms with Crippen molar-refractivity contribution in [1.29, 1.82) is 0 Å². The number of aromatic nitrogens is 16. The molecule has 3 atom stereocenters. The topological polar surface area (TPSA) is 403 Å². The molecule has 3 aliphatic rings. The summed E-state index contributed by atoms with van der Waals surface area (Å²) in [6.45, 7) is 15.9. The first-order chi connectivity index (χ1) is 73.0. The van der Waals surface area contributed by atoms with Gasteiger partial charge in [0.05, 0.1) is 153 Å². The molecule has 0 bridgehead atoms. The van der Waals surface area contributed by atoms with Gasteiger partial charge < -0.3 is 80.5 Å². The van der Waals surface area contributed by atoms with Crippen molar-refractivity contribution in [3.8, 4) is 188 Å². The number of ether oxygens (including phenoxy) is 17. The van der Waals surface area contributed by atoms with Crippen LogP contribution in [0.1, 0.15) is 105 Å². The molecule has 3 fully saturated rings. The lowest BCUT2D eigenvalue weighted by molar-refractivity contribution is -0.122. The molecule has 0 amide bonds. The van der Waals surface area contributed by atoms with Crippen LogP contribution < -0.4 is 71.1 Å². The van der Waals surface area contributed by atoms with Crippen molar-refractivity contribution >= 4 is 5.78 Å². The molecule has 8 N–H and O–H groups in total. The molecule has 34 nitrogen and oxygen atoms in total. The van der Waals surface area contributed by atoms with Gasteiger partial charge in [-0.25, -0.2) is 0 Å². The smallest absolute Gasteiger partial charge is 0.233 e. The summed E-state index contributed by atoms with van der Waals surface area (Å²) in [5.41, 5.74) is 17.7. The van der Waals surface area contributed by atoms with E-state index in [1.165, 1.54) is 12.8 Å². The number of benzene rings is 9. The molecule has 149 heavy (non-hydrogen) atoms. The number of hydrogen-bond donors (Lipinski definition) is 8. The van der Waals surface area contributed by atoms with Gasteiger partial charge in [-0.2, -0.15) is 5.10 Å². The number of carbonyl (C=O) groups is 1. The number of aromatic amines is 8. The minimum Gasteiger partial charge on any atom is -0.496 e. The first kappa shape index (κ1) is 109. The third-order valence-electron chi connectivity index (χ3n) is 23.9. The molecule has 9 aromatic carbocycles. The van der Waals surface area contributed by atoms with Gasteiger partial charge in [0.15, 0.2) is 0 Å². The molecule has 782 valence electrons. The van der Waals surface area contributed by atoms with Crippen LogP contribution in [-0.2, 0) is 20.7 Å². The van der Waals surface area contributed by atoms with E-state index in [0.717, 1.165) is 204 Å². The molecule has 10 heterocycles. The zero-order valence-corrected chi connectivity index (χ0v) is 87.0. The lowest BCUT2D eigenvalue weighted by Gasteiger charge is -2.11. The number of nitrogens with one attached hydrogen (secondary N) is 8. The van der Waals surface area contributed by atoms with E-state index in [1.54, 1.807) is 64.0 Å². The number of nitrogens with zero attached hydrogens (tertiary/aromatic N) is 8. The Balaban J connectivity index is 0.000000143. The van der Waals surface area contributed by atoms with Crippen molar-refractivity contribution in [2.75, 3.05) is 104 Å². The number of Topliss-reactive ketones (excluding diaryl/α,β-unsaturated/α-hetero) is 1. The molecular weight excluding hydrogens is 1890 g/mol. The number of para-hydroxylation sites is 7. The second kappa shape index (κ2) is 57.8. The fraction of sp³-hybridized carbons (Fsp3) is 0.313. The van der Waals surface area contributed by atoms with E-state index in [2.05, 4.69) is 95.4 Å². The summed E-state index contributed by atoms with van der Waals surface area (Å²) in [4.78, 5) is 12.5. The monoisotopic (exact) mass is 2030 g/mol. The highest BCUT2D eigenvalue weighted by atomic mass is 16.5. The van der Waals surface area contributed by atoms with Gasteiger partial charge >= 0.3 is 0 Å². The second-order valence-electron chi connectivity index (χ2n) is 34.5. The number of methoxy groups -OCH3 is 9. The molecule has 8 aromatic heterocycles. The largest absolute Gasteiger partial charge is 0.496 e. The molecular formula is C115H134N16O18. The van der Waals surface area contributed by atoms with Gasteiger partial charge in [-0.15, -0.1) is 35.7 Å². The van der Waals surface area contributed by atoms with Crippen LogP contribution in [0.2, 0.25) is 0 Å². The Bertz CT molecular complexity index is 6820. The summed E-state index contributed by atoms with van der Waals surface area (Å²) in [6, 6.07) is 85.7. The van der Waals surface area contributed by atoms with E-state index in [1.807, 2.05) is 295 Å². The highest BCUT2D eigenvalue weighted by molar-refractivity contribution is 5.85. The summed E-state index contributed by atoms with van der Waals surface area (Å²) in [5, 5.41) is 57.0. The number of ketones is 1. The van der Waals surface area contributed by atoms with Crippen LogP contribution in [-0.4, -0.2) is 215 Å².